The zero-order chi connectivity index (χ0) is 16.1. The first-order chi connectivity index (χ1) is 11.2. The van der Waals surface area contributed by atoms with Crippen molar-refractivity contribution in [2.24, 2.45) is 5.10 Å². The average molecular weight is 331 g/mol. The van der Waals surface area contributed by atoms with Gasteiger partial charge in [0.05, 0.1) is 16.4 Å². The summed E-state index contributed by atoms with van der Waals surface area (Å²) in [7, 11) is 0. The van der Waals surface area contributed by atoms with Gasteiger partial charge in [0.25, 0.3) is 0 Å². The van der Waals surface area contributed by atoms with Crippen molar-refractivity contribution in [2.75, 3.05) is 5.43 Å². The van der Waals surface area contributed by atoms with Gasteiger partial charge in [0.1, 0.15) is 5.82 Å². The third-order valence-corrected chi connectivity index (χ3v) is 3.30. The zero-order valence-electron chi connectivity index (χ0n) is 11.9. The molecule has 0 bridgehead atoms. The molecule has 116 valence electrons. The highest BCUT2D eigenvalue weighted by Crippen LogP contribution is 2.19. The molecule has 0 radical (unpaired) electrons. The molecule has 6 nitrogen and oxygen atoms in total. The highest BCUT2D eigenvalue weighted by molar-refractivity contribution is 6.31. The van der Waals surface area contributed by atoms with E-state index >= 15 is 0 Å². The van der Waals surface area contributed by atoms with Crippen molar-refractivity contribution in [2.45, 2.75) is 6.42 Å². The largest absolute Gasteiger partial charge is 0.279 e. The molecule has 1 N–H and O–H groups in total. The maximum Gasteiger partial charge on any atom is 0.162 e. The number of nitrogens with zero attached hydrogens (tertiary/aromatic N) is 5. The van der Waals surface area contributed by atoms with Gasteiger partial charge in [-0.2, -0.15) is 9.78 Å². The molecule has 0 saturated carbocycles. The molecule has 2 aromatic carbocycles. The average Bonchev–Trinajstić information content (AvgIpc) is 3.04. The van der Waals surface area contributed by atoms with Crippen molar-refractivity contribution < 1.29 is 4.39 Å². The van der Waals surface area contributed by atoms with Gasteiger partial charge in [-0.15, -0.1) is 5.10 Å². The van der Waals surface area contributed by atoms with Crippen molar-refractivity contribution >= 4 is 23.5 Å². The highest BCUT2D eigenvalue weighted by atomic mass is 35.5. The summed E-state index contributed by atoms with van der Waals surface area (Å²) in [6.07, 6.45) is 2.06. The Morgan fingerprint density at radius 3 is 2.83 bits per heavy atom. The van der Waals surface area contributed by atoms with Crippen LogP contribution in [0.5, 0.6) is 0 Å². The number of hydrazone groups is 1. The fourth-order valence-corrected chi connectivity index (χ4v) is 2.10. The number of nitrogens with one attached hydrogen (secondary N) is 1. The van der Waals surface area contributed by atoms with Crippen LogP contribution in [-0.4, -0.2) is 26.4 Å². The van der Waals surface area contributed by atoms with E-state index in [1.807, 2.05) is 30.3 Å². The monoisotopic (exact) mass is 330 g/mol. The Hall–Kier alpha value is -2.80. The van der Waals surface area contributed by atoms with Gasteiger partial charge in [-0.3, -0.25) is 5.43 Å². The number of rotatable bonds is 5. The van der Waals surface area contributed by atoms with E-state index in [2.05, 4.69) is 26.1 Å². The van der Waals surface area contributed by atoms with Crippen LogP contribution in [-0.2, 0) is 6.42 Å². The Kier molecular flexibility index (Phi) is 4.58. The molecule has 0 spiro atoms. The Morgan fingerprint density at radius 2 is 2.04 bits per heavy atom. The summed E-state index contributed by atoms with van der Waals surface area (Å²) < 4.78 is 14.7. The Morgan fingerprint density at radius 1 is 1.22 bits per heavy atom. The van der Waals surface area contributed by atoms with Crippen molar-refractivity contribution in [3.8, 4) is 5.69 Å². The summed E-state index contributed by atoms with van der Waals surface area (Å²) >= 11 is 5.70. The van der Waals surface area contributed by atoms with Crippen LogP contribution in [0.4, 0.5) is 10.1 Å². The number of halogens is 2. The molecule has 0 aliphatic heterocycles. The summed E-state index contributed by atoms with van der Waals surface area (Å²) in [5, 5.41) is 15.7. The van der Waals surface area contributed by atoms with Crippen LogP contribution in [0.1, 0.15) is 5.82 Å². The molecule has 0 amide bonds. The van der Waals surface area contributed by atoms with Gasteiger partial charge in [0.15, 0.2) is 5.82 Å². The summed E-state index contributed by atoms with van der Waals surface area (Å²) in [4.78, 5) is 0. The molecule has 0 aliphatic rings. The topological polar surface area (TPSA) is 68.0 Å². The number of hydrogen-bond acceptors (Lipinski definition) is 5. The second-order valence-electron chi connectivity index (χ2n) is 4.60. The van der Waals surface area contributed by atoms with E-state index in [9.17, 15) is 4.39 Å². The number of benzene rings is 2. The van der Waals surface area contributed by atoms with Gasteiger partial charge in [-0.05, 0) is 40.8 Å². The quantitative estimate of drug-likeness (QED) is 0.576. The van der Waals surface area contributed by atoms with Crippen LogP contribution >= 0.6 is 11.6 Å². The van der Waals surface area contributed by atoms with E-state index in [-0.39, 0.29) is 5.02 Å². The first-order valence-electron chi connectivity index (χ1n) is 6.79. The first kappa shape index (κ1) is 15.1. The predicted molar refractivity (Wildman–Crippen MR) is 86.4 cm³/mol. The summed E-state index contributed by atoms with van der Waals surface area (Å²) in [5.41, 5.74) is 4.24. The van der Waals surface area contributed by atoms with Gasteiger partial charge in [-0.1, -0.05) is 29.8 Å². The molecule has 1 heterocycles. The normalized spacial score (nSPS) is 11.0. The van der Waals surface area contributed by atoms with Crippen molar-refractivity contribution in [1.82, 2.24) is 20.2 Å². The Labute approximate surface area is 136 Å². The van der Waals surface area contributed by atoms with Gasteiger partial charge in [-0.25, -0.2) is 4.39 Å². The van der Waals surface area contributed by atoms with Gasteiger partial charge in [0, 0.05) is 12.6 Å². The van der Waals surface area contributed by atoms with Crippen LogP contribution < -0.4 is 5.43 Å². The molecule has 0 saturated heterocycles. The molecular formula is C15H12ClFN6. The Bertz CT molecular complexity index is 818. The lowest BCUT2D eigenvalue weighted by Crippen LogP contribution is -2.04. The first-order valence-corrected chi connectivity index (χ1v) is 7.17. The third-order valence-electron chi connectivity index (χ3n) is 3.01. The summed E-state index contributed by atoms with van der Waals surface area (Å²) in [6.45, 7) is 0. The van der Waals surface area contributed by atoms with E-state index in [4.69, 9.17) is 11.6 Å². The summed E-state index contributed by atoms with van der Waals surface area (Å²) in [6, 6.07) is 13.9. The molecular weight excluding hydrogens is 319 g/mol. The lowest BCUT2D eigenvalue weighted by molar-refractivity contribution is 0.628. The molecule has 0 aliphatic carbocycles. The molecule has 0 atom stereocenters. The van der Waals surface area contributed by atoms with E-state index < -0.39 is 5.82 Å². The lowest BCUT2D eigenvalue weighted by Gasteiger charge is -2.02. The SMILES string of the molecule is Fc1ccc(N/N=C\Cc2nnnn2-c2ccccc2)cc1Cl. The van der Waals surface area contributed by atoms with Crippen molar-refractivity contribution in [3.05, 3.63) is 65.2 Å². The standard InChI is InChI=1S/C15H12ClFN6/c16-13-10-11(6-7-14(13)17)19-18-9-8-15-20-21-22-23(15)12-4-2-1-3-5-12/h1-7,9-10,19H,8H2/b18-9-. The van der Waals surface area contributed by atoms with Crippen LogP contribution in [0.3, 0.4) is 0 Å². The second kappa shape index (κ2) is 6.97. The van der Waals surface area contributed by atoms with Crippen LogP contribution in [0.15, 0.2) is 53.6 Å². The molecule has 0 fully saturated rings. The fourth-order valence-electron chi connectivity index (χ4n) is 1.92. The fraction of sp³-hybridized carbons (Fsp3) is 0.0667. The van der Waals surface area contributed by atoms with E-state index in [1.165, 1.54) is 12.1 Å². The molecule has 23 heavy (non-hydrogen) atoms. The maximum absolute atomic E-state index is 13.1. The predicted octanol–water partition coefficient (Wildman–Crippen LogP) is 3.10. The van der Waals surface area contributed by atoms with E-state index in [0.29, 0.717) is 17.9 Å². The number of anilines is 1. The second-order valence-corrected chi connectivity index (χ2v) is 5.01. The van der Waals surface area contributed by atoms with Crippen LogP contribution in [0.25, 0.3) is 5.69 Å². The van der Waals surface area contributed by atoms with Gasteiger partial charge >= 0.3 is 0 Å². The Balaban J connectivity index is 1.65. The van der Waals surface area contributed by atoms with Crippen LogP contribution in [0.2, 0.25) is 5.02 Å². The molecule has 8 heteroatoms. The van der Waals surface area contributed by atoms with E-state index in [1.54, 1.807) is 17.0 Å². The minimum Gasteiger partial charge on any atom is -0.279 e. The van der Waals surface area contributed by atoms with Crippen LogP contribution in [0, 0.1) is 5.82 Å². The maximum atomic E-state index is 13.1. The number of tetrazole rings is 1. The van der Waals surface area contributed by atoms with E-state index in [0.717, 1.165) is 5.69 Å². The molecule has 1 aromatic heterocycles. The lowest BCUT2D eigenvalue weighted by atomic mass is 10.3. The summed E-state index contributed by atoms with van der Waals surface area (Å²) in [5.74, 6) is 0.183. The molecule has 3 aromatic rings. The molecule has 3 rings (SSSR count). The zero-order valence-corrected chi connectivity index (χ0v) is 12.7. The minimum atomic E-state index is -0.469. The molecule has 0 unspecified atom stereocenters. The minimum absolute atomic E-state index is 0.0400. The number of hydrogen-bond donors (Lipinski definition) is 1. The number of aromatic nitrogens is 4. The highest BCUT2D eigenvalue weighted by Gasteiger charge is 2.06. The third kappa shape index (κ3) is 3.70. The van der Waals surface area contributed by atoms with Gasteiger partial charge in [0.2, 0.25) is 0 Å². The number of para-hydroxylation sites is 1. The van der Waals surface area contributed by atoms with Crippen molar-refractivity contribution in [1.29, 1.82) is 0 Å². The van der Waals surface area contributed by atoms with Crippen molar-refractivity contribution in [3.63, 3.8) is 0 Å². The smallest absolute Gasteiger partial charge is 0.162 e. The van der Waals surface area contributed by atoms with Gasteiger partial charge < -0.3 is 0 Å².